The molecule has 6 heteroatoms. The van der Waals surface area contributed by atoms with E-state index in [-0.39, 0.29) is 24.5 Å². The lowest BCUT2D eigenvalue weighted by Gasteiger charge is -2.33. The summed E-state index contributed by atoms with van der Waals surface area (Å²) < 4.78 is 11.1. The van der Waals surface area contributed by atoms with Gasteiger partial charge in [0, 0.05) is 19.0 Å². The van der Waals surface area contributed by atoms with Crippen LogP contribution in [0.5, 0.6) is 11.5 Å². The summed E-state index contributed by atoms with van der Waals surface area (Å²) >= 11 is 0. The smallest absolute Gasteiger partial charge is 0.261 e. The molecular formula is C32H38N2O4. The number of carbonyl (C=O) groups excluding carboxylic acids is 2. The molecule has 0 aromatic heterocycles. The SMILES string of the molecule is COc1ccc(OCC(=O)N(Cc2ccccc2C)C(Cc2ccccc2)C(=O)NC2CCCCC2)cc1. The van der Waals surface area contributed by atoms with Crippen LogP contribution in [0.25, 0.3) is 0 Å². The summed E-state index contributed by atoms with van der Waals surface area (Å²) in [4.78, 5) is 29.3. The topological polar surface area (TPSA) is 67.9 Å². The first-order valence-electron chi connectivity index (χ1n) is 13.5. The maximum Gasteiger partial charge on any atom is 0.261 e. The molecule has 4 rings (SSSR count). The molecule has 1 aliphatic carbocycles. The van der Waals surface area contributed by atoms with Gasteiger partial charge in [0.25, 0.3) is 5.91 Å². The highest BCUT2D eigenvalue weighted by Gasteiger charge is 2.32. The van der Waals surface area contributed by atoms with Gasteiger partial charge in [-0.25, -0.2) is 0 Å². The van der Waals surface area contributed by atoms with Crippen LogP contribution in [-0.4, -0.2) is 42.5 Å². The summed E-state index contributed by atoms with van der Waals surface area (Å²) in [6.07, 6.45) is 5.85. The maximum absolute atomic E-state index is 13.8. The first kappa shape index (κ1) is 27.2. The van der Waals surface area contributed by atoms with Gasteiger partial charge in [-0.15, -0.1) is 0 Å². The van der Waals surface area contributed by atoms with Gasteiger partial charge < -0.3 is 19.7 Å². The number of hydrogen-bond acceptors (Lipinski definition) is 4. The molecule has 0 saturated heterocycles. The highest BCUT2D eigenvalue weighted by Crippen LogP contribution is 2.21. The van der Waals surface area contributed by atoms with Crippen molar-refractivity contribution in [2.24, 2.45) is 0 Å². The monoisotopic (exact) mass is 514 g/mol. The quantitative estimate of drug-likeness (QED) is 0.368. The summed E-state index contributed by atoms with van der Waals surface area (Å²) in [6, 6.07) is 24.5. The first-order chi connectivity index (χ1) is 18.5. The van der Waals surface area contributed by atoms with Crippen molar-refractivity contribution in [3.8, 4) is 11.5 Å². The van der Waals surface area contributed by atoms with E-state index in [0.29, 0.717) is 24.5 Å². The van der Waals surface area contributed by atoms with Crippen LogP contribution >= 0.6 is 0 Å². The number of nitrogens with one attached hydrogen (secondary N) is 1. The van der Waals surface area contributed by atoms with Crippen LogP contribution in [-0.2, 0) is 22.6 Å². The van der Waals surface area contributed by atoms with Crippen molar-refractivity contribution in [3.05, 3.63) is 95.6 Å². The molecule has 0 radical (unpaired) electrons. The molecule has 1 fully saturated rings. The third-order valence-electron chi connectivity index (χ3n) is 7.25. The van der Waals surface area contributed by atoms with Crippen molar-refractivity contribution in [1.82, 2.24) is 10.2 Å². The van der Waals surface area contributed by atoms with E-state index in [2.05, 4.69) is 5.32 Å². The molecule has 1 unspecified atom stereocenters. The lowest BCUT2D eigenvalue weighted by atomic mass is 9.94. The van der Waals surface area contributed by atoms with Crippen molar-refractivity contribution in [2.75, 3.05) is 13.7 Å². The number of carbonyl (C=O) groups is 2. The van der Waals surface area contributed by atoms with E-state index in [0.717, 1.165) is 42.4 Å². The second-order valence-corrected chi connectivity index (χ2v) is 9.96. The van der Waals surface area contributed by atoms with Crippen LogP contribution < -0.4 is 14.8 Å². The predicted octanol–water partition coefficient (Wildman–Crippen LogP) is 5.47. The number of hydrogen-bond donors (Lipinski definition) is 1. The molecule has 200 valence electrons. The average molecular weight is 515 g/mol. The zero-order chi connectivity index (χ0) is 26.7. The second kappa shape index (κ2) is 13.7. The Hall–Kier alpha value is -3.80. The minimum atomic E-state index is -0.661. The second-order valence-electron chi connectivity index (χ2n) is 9.96. The normalized spacial score (nSPS) is 14.4. The molecule has 0 spiro atoms. The molecule has 1 N–H and O–H groups in total. The standard InChI is InChI=1S/C32H38N2O4/c1-24-11-9-10-14-26(24)22-34(31(35)23-38-29-19-17-28(37-2)18-20-29)30(21-25-12-5-3-6-13-25)32(36)33-27-15-7-4-8-16-27/h3,5-6,9-14,17-20,27,30H,4,7-8,15-16,21-23H2,1-2H3,(H,33,36). The third kappa shape index (κ3) is 7.60. The summed E-state index contributed by atoms with van der Waals surface area (Å²) in [6.45, 7) is 2.19. The Bertz CT molecular complexity index is 1170. The van der Waals surface area contributed by atoms with Gasteiger partial charge in [0.15, 0.2) is 6.61 Å². The molecule has 0 aliphatic heterocycles. The molecule has 0 bridgehead atoms. The van der Waals surface area contributed by atoms with E-state index in [1.165, 1.54) is 6.42 Å². The van der Waals surface area contributed by atoms with Crippen molar-refractivity contribution < 1.29 is 19.1 Å². The summed E-state index contributed by atoms with van der Waals surface area (Å²) in [5, 5.41) is 3.27. The maximum atomic E-state index is 13.8. The number of benzene rings is 3. The molecular weight excluding hydrogens is 476 g/mol. The van der Waals surface area contributed by atoms with Gasteiger partial charge in [0.2, 0.25) is 5.91 Å². The van der Waals surface area contributed by atoms with Gasteiger partial charge in [-0.2, -0.15) is 0 Å². The Labute approximate surface area is 226 Å². The largest absolute Gasteiger partial charge is 0.497 e. The van der Waals surface area contributed by atoms with E-state index in [9.17, 15) is 9.59 Å². The first-order valence-corrected chi connectivity index (χ1v) is 13.5. The number of methoxy groups -OCH3 is 1. The van der Waals surface area contributed by atoms with Gasteiger partial charge in [-0.05, 0) is 60.7 Å². The van der Waals surface area contributed by atoms with Gasteiger partial charge >= 0.3 is 0 Å². The van der Waals surface area contributed by atoms with Crippen molar-refractivity contribution in [1.29, 1.82) is 0 Å². The molecule has 1 aliphatic rings. The number of ether oxygens (including phenoxy) is 2. The Balaban J connectivity index is 1.60. The third-order valence-corrected chi connectivity index (χ3v) is 7.25. The fourth-order valence-electron chi connectivity index (χ4n) is 4.97. The van der Waals surface area contributed by atoms with E-state index >= 15 is 0 Å². The fourth-order valence-corrected chi connectivity index (χ4v) is 4.97. The minimum Gasteiger partial charge on any atom is -0.497 e. The Morgan fingerprint density at radius 2 is 1.55 bits per heavy atom. The molecule has 1 saturated carbocycles. The molecule has 1 atom stereocenters. The van der Waals surface area contributed by atoms with Gasteiger partial charge in [-0.3, -0.25) is 9.59 Å². The van der Waals surface area contributed by atoms with E-state index < -0.39 is 6.04 Å². The summed E-state index contributed by atoms with van der Waals surface area (Å²) in [5.74, 6) is 0.948. The van der Waals surface area contributed by atoms with Crippen LogP contribution in [0.2, 0.25) is 0 Å². The molecule has 38 heavy (non-hydrogen) atoms. The molecule has 3 aromatic rings. The minimum absolute atomic E-state index is 0.105. The van der Waals surface area contributed by atoms with Crippen LogP contribution in [0.4, 0.5) is 0 Å². The lowest BCUT2D eigenvalue weighted by Crippen LogP contribution is -2.53. The van der Waals surface area contributed by atoms with Gasteiger partial charge in [0.1, 0.15) is 17.5 Å². The molecule has 3 aromatic carbocycles. The molecule has 6 nitrogen and oxygen atoms in total. The van der Waals surface area contributed by atoms with E-state index in [1.54, 1.807) is 36.3 Å². The predicted molar refractivity (Wildman–Crippen MR) is 149 cm³/mol. The number of amides is 2. The highest BCUT2D eigenvalue weighted by molar-refractivity contribution is 5.88. The van der Waals surface area contributed by atoms with Gasteiger partial charge in [-0.1, -0.05) is 73.9 Å². The van der Waals surface area contributed by atoms with Crippen LogP contribution in [0.1, 0.15) is 48.8 Å². The van der Waals surface area contributed by atoms with Crippen molar-refractivity contribution in [3.63, 3.8) is 0 Å². The number of nitrogens with zero attached hydrogens (tertiary/aromatic N) is 1. The molecule has 0 heterocycles. The summed E-state index contributed by atoms with van der Waals surface area (Å²) in [5.41, 5.74) is 3.09. The lowest BCUT2D eigenvalue weighted by molar-refractivity contribution is -0.143. The van der Waals surface area contributed by atoms with Gasteiger partial charge in [0.05, 0.1) is 7.11 Å². The Morgan fingerprint density at radius 1 is 0.895 bits per heavy atom. The Morgan fingerprint density at radius 3 is 2.24 bits per heavy atom. The van der Waals surface area contributed by atoms with E-state index in [1.807, 2.05) is 61.5 Å². The van der Waals surface area contributed by atoms with Crippen LogP contribution in [0.15, 0.2) is 78.9 Å². The van der Waals surface area contributed by atoms with E-state index in [4.69, 9.17) is 9.47 Å². The number of rotatable bonds is 11. The average Bonchev–Trinajstić information content (AvgIpc) is 2.96. The van der Waals surface area contributed by atoms with Crippen LogP contribution in [0, 0.1) is 6.92 Å². The van der Waals surface area contributed by atoms with Crippen LogP contribution in [0.3, 0.4) is 0 Å². The zero-order valence-electron chi connectivity index (χ0n) is 22.4. The molecule has 2 amide bonds. The van der Waals surface area contributed by atoms with Crippen molar-refractivity contribution >= 4 is 11.8 Å². The zero-order valence-corrected chi connectivity index (χ0v) is 22.4. The number of aryl methyl sites for hydroxylation is 1. The summed E-state index contributed by atoms with van der Waals surface area (Å²) in [7, 11) is 1.61. The Kier molecular flexibility index (Phi) is 9.79. The van der Waals surface area contributed by atoms with Crippen molar-refractivity contribution in [2.45, 2.75) is 64.1 Å². The fraction of sp³-hybridized carbons (Fsp3) is 0.375. The highest BCUT2D eigenvalue weighted by atomic mass is 16.5.